The van der Waals surface area contributed by atoms with Gasteiger partial charge in [0.05, 0.1) is 18.2 Å². The van der Waals surface area contributed by atoms with Crippen LogP contribution in [-0.4, -0.2) is 30.0 Å². The molecule has 0 unspecified atom stereocenters. The summed E-state index contributed by atoms with van der Waals surface area (Å²) in [7, 11) is 1.34. The molecule has 0 saturated heterocycles. The first-order valence-electron chi connectivity index (χ1n) is 7.41. The molecule has 1 aliphatic rings. The molecule has 0 radical (unpaired) electrons. The van der Waals surface area contributed by atoms with Crippen molar-refractivity contribution in [2.24, 2.45) is 5.92 Å². The third-order valence-electron chi connectivity index (χ3n) is 3.95. The maximum absolute atomic E-state index is 12.5. The minimum absolute atomic E-state index is 0.269. The van der Waals surface area contributed by atoms with Crippen LogP contribution in [0.25, 0.3) is 10.9 Å². The van der Waals surface area contributed by atoms with Crippen LogP contribution in [0.2, 0.25) is 0 Å². The highest BCUT2D eigenvalue weighted by Crippen LogP contribution is 2.33. The Morgan fingerprint density at radius 2 is 2.09 bits per heavy atom. The molecule has 1 aromatic carbocycles. The minimum Gasteiger partial charge on any atom is -0.467 e. The molecular weight excluding hydrogens is 280 g/mol. The zero-order valence-corrected chi connectivity index (χ0v) is 12.4. The molecule has 2 aromatic rings. The van der Waals surface area contributed by atoms with Crippen LogP contribution in [0.15, 0.2) is 36.5 Å². The fourth-order valence-electron chi connectivity index (χ4n) is 2.57. The lowest BCUT2D eigenvalue weighted by Crippen LogP contribution is -2.42. The van der Waals surface area contributed by atoms with Crippen molar-refractivity contribution in [2.75, 3.05) is 7.11 Å². The quantitative estimate of drug-likeness (QED) is 0.860. The van der Waals surface area contributed by atoms with Crippen LogP contribution in [0.5, 0.6) is 0 Å². The lowest BCUT2D eigenvalue weighted by atomic mass is 10.1. The molecule has 1 amide bonds. The Labute approximate surface area is 128 Å². The number of esters is 1. The predicted octanol–water partition coefficient (Wildman–Crippen LogP) is 2.31. The summed E-state index contributed by atoms with van der Waals surface area (Å²) in [6.45, 7) is 0. The van der Waals surface area contributed by atoms with Gasteiger partial charge in [0, 0.05) is 11.6 Å². The number of nitrogens with one attached hydrogen (secondary N) is 1. The highest BCUT2D eigenvalue weighted by atomic mass is 16.5. The van der Waals surface area contributed by atoms with Crippen molar-refractivity contribution in [1.82, 2.24) is 10.3 Å². The van der Waals surface area contributed by atoms with E-state index in [4.69, 9.17) is 4.74 Å². The Balaban J connectivity index is 1.83. The van der Waals surface area contributed by atoms with E-state index in [2.05, 4.69) is 10.3 Å². The van der Waals surface area contributed by atoms with Crippen LogP contribution in [-0.2, 0) is 9.53 Å². The molecule has 1 aromatic heterocycles. The van der Waals surface area contributed by atoms with Crippen LogP contribution in [0.3, 0.4) is 0 Å². The van der Waals surface area contributed by atoms with E-state index in [9.17, 15) is 9.59 Å². The number of hydrogen-bond donors (Lipinski definition) is 1. The number of benzene rings is 1. The summed E-state index contributed by atoms with van der Waals surface area (Å²) >= 11 is 0. The Morgan fingerprint density at radius 3 is 2.82 bits per heavy atom. The monoisotopic (exact) mass is 298 g/mol. The first kappa shape index (κ1) is 14.5. The third kappa shape index (κ3) is 3.08. The normalized spacial score (nSPS) is 15.3. The fraction of sp³-hybridized carbons (Fsp3) is 0.353. The van der Waals surface area contributed by atoms with Gasteiger partial charge in [-0.1, -0.05) is 31.0 Å². The van der Waals surface area contributed by atoms with Gasteiger partial charge in [-0.05, 0) is 24.5 Å². The molecule has 0 aliphatic heterocycles. The molecule has 114 valence electrons. The first-order valence-corrected chi connectivity index (χ1v) is 7.41. The van der Waals surface area contributed by atoms with Gasteiger partial charge in [-0.3, -0.25) is 9.78 Å². The van der Waals surface area contributed by atoms with Gasteiger partial charge in [-0.2, -0.15) is 0 Å². The number of pyridine rings is 1. The number of para-hydroxylation sites is 1. The third-order valence-corrected chi connectivity index (χ3v) is 3.95. The van der Waals surface area contributed by atoms with E-state index >= 15 is 0 Å². The van der Waals surface area contributed by atoms with Gasteiger partial charge in [0.2, 0.25) is 0 Å². The van der Waals surface area contributed by atoms with Crippen molar-refractivity contribution < 1.29 is 14.3 Å². The number of fused-ring (bicyclic) bond motifs is 1. The topological polar surface area (TPSA) is 68.3 Å². The molecule has 1 fully saturated rings. The van der Waals surface area contributed by atoms with Crippen molar-refractivity contribution >= 4 is 22.8 Å². The Kier molecular flexibility index (Phi) is 4.04. The van der Waals surface area contributed by atoms with E-state index < -0.39 is 12.0 Å². The lowest BCUT2D eigenvalue weighted by Gasteiger charge is -2.16. The standard InChI is InChI=1S/C17H18N2O3/c1-22-17(21)15(10-11-6-7-11)19-16(20)13-8-9-18-14-5-3-2-4-12(13)14/h2-5,8-9,11,15H,6-7,10H2,1H3,(H,19,20)/t15-/m0/s1. The second-order valence-electron chi connectivity index (χ2n) is 5.60. The summed E-state index contributed by atoms with van der Waals surface area (Å²) < 4.78 is 4.80. The van der Waals surface area contributed by atoms with Gasteiger partial charge < -0.3 is 10.1 Å². The number of ether oxygens (including phenoxy) is 1. The molecule has 1 aliphatic carbocycles. The minimum atomic E-state index is -0.586. The number of hydrogen-bond acceptors (Lipinski definition) is 4. The maximum atomic E-state index is 12.5. The van der Waals surface area contributed by atoms with Gasteiger partial charge >= 0.3 is 5.97 Å². The number of rotatable bonds is 5. The van der Waals surface area contributed by atoms with Gasteiger partial charge in [-0.15, -0.1) is 0 Å². The molecule has 0 spiro atoms. The number of carbonyl (C=O) groups is 2. The maximum Gasteiger partial charge on any atom is 0.328 e. The molecule has 0 bridgehead atoms. The molecule has 1 N–H and O–H groups in total. The second-order valence-corrected chi connectivity index (χ2v) is 5.60. The van der Waals surface area contributed by atoms with Crippen LogP contribution in [0.4, 0.5) is 0 Å². The number of aromatic nitrogens is 1. The van der Waals surface area contributed by atoms with Crippen LogP contribution >= 0.6 is 0 Å². The largest absolute Gasteiger partial charge is 0.467 e. The molecule has 5 nitrogen and oxygen atoms in total. The number of amides is 1. The SMILES string of the molecule is COC(=O)[C@H](CC1CC1)NC(=O)c1ccnc2ccccc12. The van der Waals surface area contributed by atoms with Gasteiger partial charge in [0.25, 0.3) is 5.91 Å². The Hall–Kier alpha value is -2.43. The van der Waals surface area contributed by atoms with E-state index in [0.29, 0.717) is 17.9 Å². The van der Waals surface area contributed by atoms with Crippen molar-refractivity contribution in [3.63, 3.8) is 0 Å². The average Bonchev–Trinajstić information content (AvgIpc) is 3.37. The van der Waals surface area contributed by atoms with E-state index in [1.807, 2.05) is 24.3 Å². The summed E-state index contributed by atoms with van der Waals surface area (Å²) in [6, 6.07) is 8.53. The van der Waals surface area contributed by atoms with Crippen molar-refractivity contribution in [2.45, 2.75) is 25.3 Å². The zero-order valence-electron chi connectivity index (χ0n) is 12.4. The van der Waals surface area contributed by atoms with Gasteiger partial charge in [0.15, 0.2) is 0 Å². The summed E-state index contributed by atoms with van der Waals surface area (Å²) in [5.41, 5.74) is 1.28. The van der Waals surface area contributed by atoms with Crippen molar-refractivity contribution in [3.05, 3.63) is 42.1 Å². The van der Waals surface area contributed by atoms with Gasteiger partial charge in [0.1, 0.15) is 6.04 Å². The highest BCUT2D eigenvalue weighted by molar-refractivity contribution is 6.07. The van der Waals surface area contributed by atoms with E-state index in [1.54, 1.807) is 12.3 Å². The van der Waals surface area contributed by atoms with Crippen LogP contribution < -0.4 is 5.32 Å². The smallest absolute Gasteiger partial charge is 0.328 e. The summed E-state index contributed by atoms with van der Waals surface area (Å²) in [6.07, 6.45) is 4.47. The van der Waals surface area contributed by atoms with Crippen LogP contribution in [0.1, 0.15) is 29.6 Å². The fourth-order valence-corrected chi connectivity index (χ4v) is 2.57. The number of methoxy groups -OCH3 is 1. The highest BCUT2D eigenvalue weighted by Gasteiger charge is 2.31. The van der Waals surface area contributed by atoms with Crippen molar-refractivity contribution in [3.8, 4) is 0 Å². The Bertz CT molecular complexity index is 705. The first-order chi connectivity index (χ1) is 10.7. The molecule has 3 rings (SSSR count). The van der Waals surface area contributed by atoms with E-state index in [-0.39, 0.29) is 5.91 Å². The summed E-state index contributed by atoms with van der Waals surface area (Å²) in [5, 5.41) is 3.58. The number of nitrogens with zero attached hydrogens (tertiary/aromatic N) is 1. The molecule has 1 heterocycles. The van der Waals surface area contributed by atoms with E-state index in [1.165, 1.54) is 7.11 Å². The van der Waals surface area contributed by atoms with Gasteiger partial charge in [-0.25, -0.2) is 4.79 Å². The summed E-state index contributed by atoms with van der Waals surface area (Å²) in [4.78, 5) is 28.6. The zero-order chi connectivity index (χ0) is 15.5. The van der Waals surface area contributed by atoms with Crippen molar-refractivity contribution in [1.29, 1.82) is 0 Å². The molecule has 22 heavy (non-hydrogen) atoms. The number of carbonyl (C=O) groups excluding carboxylic acids is 2. The van der Waals surface area contributed by atoms with Crippen LogP contribution in [0, 0.1) is 5.92 Å². The lowest BCUT2D eigenvalue weighted by molar-refractivity contribution is -0.143. The molecular formula is C17H18N2O3. The molecule has 1 saturated carbocycles. The average molecular weight is 298 g/mol. The Morgan fingerprint density at radius 1 is 1.32 bits per heavy atom. The second kappa shape index (κ2) is 6.13. The summed E-state index contributed by atoms with van der Waals surface area (Å²) in [5.74, 6) is -0.146. The molecule has 5 heteroatoms. The molecule has 1 atom stereocenters. The van der Waals surface area contributed by atoms with E-state index in [0.717, 1.165) is 23.7 Å². The predicted molar refractivity (Wildman–Crippen MR) is 82.4 cm³/mol.